The fourth-order valence-corrected chi connectivity index (χ4v) is 4.99. The first-order valence-electron chi connectivity index (χ1n) is 12.2. The largest absolute Gasteiger partial charge is 0.374 e. The van der Waals surface area contributed by atoms with Crippen LogP contribution in [0, 0.1) is 5.92 Å². The summed E-state index contributed by atoms with van der Waals surface area (Å²) in [6, 6.07) is 0. The summed E-state index contributed by atoms with van der Waals surface area (Å²) in [5.41, 5.74) is 1.77. The fraction of sp³-hybridized carbons (Fsp3) is 0.920. The Morgan fingerprint density at radius 1 is 0.808 bits per heavy atom. The third-order valence-electron chi connectivity index (χ3n) is 6.60. The number of hydrogen-bond donors (Lipinski definition) is 0. The van der Waals surface area contributed by atoms with Crippen molar-refractivity contribution in [3.63, 3.8) is 0 Å². The van der Waals surface area contributed by atoms with E-state index in [9.17, 15) is 0 Å². The zero-order valence-electron chi connectivity index (χ0n) is 17.9. The van der Waals surface area contributed by atoms with E-state index >= 15 is 0 Å². The molecule has 0 N–H and O–H groups in total. The van der Waals surface area contributed by atoms with Crippen LogP contribution in [0.1, 0.15) is 129 Å². The van der Waals surface area contributed by atoms with Gasteiger partial charge in [0.1, 0.15) is 0 Å². The third-order valence-corrected chi connectivity index (χ3v) is 6.60. The second-order valence-electron chi connectivity index (χ2n) is 8.93. The van der Waals surface area contributed by atoms with E-state index in [1.807, 2.05) is 0 Å². The molecule has 0 amide bonds. The van der Waals surface area contributed by atoms with E-state index in [1.54, 1.807) is 5.57 Å². The molecule has 152 valence electrons. The van der Waals surface area contributed by atoms with Crippen LogP contribution in [0.2, 0.25) is 0 Å². The van der Waals surface area contributed by atoms with Crippen LogP contribution in [0.25, 0.3) is 0 Å². The predicted molar refractivity (Wildman–Crippen MR) is 115 cm³/mol. The lowest BCUT2D eigenvalue weighted by Gasteiger charge is -2.41. The number of rotatable bonds is 14. The Kier molecular flexibility index (Phi) is 11.7. The summed E-state index contributed by atoms with van der Waals surface area (Å²) in [6.45, 7) is 4.60. The Hall–Kier alpha value is -0.300. The molecule has 0 saturated carbocycles. The predicted octanol–water partition coefficient (Wildman–Crippen LogP) is 8.37. The highest BCUT2D eigenvalue weighted by Crippen LogP contribution is 2.40. The van der Waals surface area contributed by atoms with Crippen molar-refractivity contribution in [1.82, 2.24) is 0 Å². The molecule has 0 spiro atoms. The Labute approximate surface area is 164 Å². The van der Waals surface area contributed by atoms with Gasteiger partial charge in [0.05, 0.1) is 12.2 Å². The molecule has 2 aliphatic rings. The molecule has 2 rings (SSSR count). The molecule has 1 heteroatoms. The summed E-state index contributed by atoms with van der Waals surface area (Å²) < 4.78 is 6.67. The first kappa shape index (κ1) is 22.0. The van der Waals surface area contributed by atoms with Crippen LogP contribution in [-0.4, -0.2) is 12.2 Å². The molecule has 1 aliphatic heterocycles. The highest BCUT2D eigenvalue weighted by Gasteiger charge is 2.34. The molecule has 0 aromatic heterocycles. The van der Waals surface area contributed by atoms with Gasteiger partial charge in [0.25, 0.3) is 0 Å². The molecule has 3 atom stereocenters. The van der Waals surface area contributed by atoms with Crippen LogP contribution >= 0.6 is 0 Å². The second kappa shape index (κ2) is 13.8. The van der Waals surface area contributed by atoms with Crippen LogP contribution in [0.4, 0.5) is 0 Å². The van der Waals surface area contributed by atoms with Crippen LogP contribution in [0.3, 0.4) is 0 Å². The summed E-state index contributed by atoms with van der Waals surface area (Å²) in [5, 5.41) is 0. The van der Waals surface area contributed by atoms with Crippen molar-refractivity contribution in [2.24, 2.45) is 5.92 Å². The number of allylic oxidation sites excluding steroid dienone is 1. The van der Waals surface area contributed by atoms with E-state index < -0.39 is 0 Å². The van der Waals surface area contributed by atoms with Crippen molar-refractivity contribution in [2.45, 2.75) is 142 Å². The van der Waals surface area contributed by atoms with Gasteiger partial charge in [-0.25, -0.2) is 0 Å². The third kappa shape index (κ3) is 8.15. The average Bonchev–Trinajstić information content (AvgIpc) is 2.67. The minimum atomic E-state index is 0.520. The lowest BCUT2D eigenvalue weighted by Crippen LogP contribution is -2.38. The maximum Gasteiger partial charge on any atom is 0.0644 e. The molecule has 1 saturated heterocycles. The molecule has 0 aromatic carbocycles. The lowest BCUT2D eigenvalue weighted by molar-refractivity contribution is -0.0715. The smallest absolute Gasteiger partial charge is 0.0644 e. The van der Waals surface area contributed by atoms with Crippen molar-refractivity contribution >= 4 is 0 Å². The van der Waals surface area contributed by atoms with Crippen LogP contribution in [0.5, 0.6) is 0 Å². The van der Waals surface area contributed by atoms with E-state index in [0.717, 1.165) is 5.92 Å². The van der Waals surface area contributed by atoms with Gasteiger partial charge in [-0.15, -0.1) is 0 Å². The van der Waals surface area contributed by atoms with Crippen molar-refractivity contribution in [1.29, 1.82) is 0 Å². The molecule has 0 aromatic rings. The molecule has 26 heavy (non-hydrogen) atoms. The van der Waals surface area contributed by atoms with Gasteiger partial charge in [-0.05, 0) is 38.5 Å². The SMILES string of the molecule is CCCCCCCC[C@H]1CC2=CCCC[C@@H]2[C@@H](CCCCCCCC)O1. The first-order chi connectivity index (χ1) is 12.8. The second-order valence-corrected chi connectivity index (χ2v) is 8.93. The summed E-state index contributed by atoms with van der Waals surface area (Å²) in [7, 11) is 0. The normalized spacial score (nSPS) is 25.8. The van der Waals surface area contributed by atoms with Gasteiger partial charge < -0.3 is 4.74 Å². The van der Waals surface area contributed by atoms with Gasteiger partial charge in [0.15, 0.2) is 0 Å². The van der Waals surface area contributed by atoms with E-state index in [1.165, 1.54) is 116 Å². The fourth-order valence-electron chi connectivity index (χ4n) is 4.99. The standard InChI is InChI=1S/C25H46O/c1-3-5-7-9-11-13-18-23-21-22-17-15-16-19-24(22)25(26-23)20-14-12-10-8-6-4-2/h17,23-25H,3-16,18-21H2,1-2H3/t23-,24-,25+/m0/s1. The average molecular weight is 363 g/mol. The first-order valence-corrected chi connectivity index (χ1v) is 12.2. The van der Waals surface area contributed by atoms with Gasteiger partial charge in [0.2, 0.25) is 0 Å². The van der Waals surface area contributed by atoms with Gasteiger partial charge >= 0.3 is 0 Å². The van der Waals surface area contributed by atoms with E-state index in [2.05, 4.69) is 19.9 Å². The van der Waals surface area contributed by atoms with Crippen molar-refractivity contribution in [2.75, 3.05) is 0 Å². The minimum Gasteiger partial charge on any atom is -0.374 e. The quantitative estimate of drug-likeness (QED) is 0.223. The molecular formula is C25H46O. The lowest BCUT2D eigenvalue weighted by atomic mass is 9.77. The summed E-state index contributed by atoms with van der Waals surface area (Å²) >= 11 is 0. The molecule has 1 heterocycles. The molecule has 1 aliphatic carbocycles. The number of hydrogen-bond acceptors (Lipinski definition) is 1. The highest BCUT2D eigenvalue weighted by molar-refractivity contribution is 5.15. The summed E-state index contributed by atoms with van der Waals surface area (Å²) in [5.74, 6) is 0.764. The Morgan fingerprint density at radius 2 is 1.42 bits per heavy atom. The van der Waals surface area contributed by atoms with Crippen LogP contribution in [-0.2, 0) is 4.74 Å². The van der Waals surface area contributed by atoms with E-state index in [0.29, 0.717) is 12.2 Å². The topological polar surface area (TPSA) is 9.23 Å². The molecular weight excluding hydrogens is 316 g/mol. The zero-order valence-corrected chi connectivity index (χ0v) is 17.9. The molecule has 0 bridgehead atoms. The Bertz CT molecular complexity index is 372. The van der Waals surface area contributed by atoms with E-state index in [4.69, 9.17) is 4.74 Å². The Morgan fingerprint density at radius 3 is 2.12 bits per heavy atom. The van der Waals surface area contributed by atoms with Gasteiger partial charge in [-0.2, -0.15) is 0 Å². The van der Waals surface area contributed by atoms with Crippen LogP contribution < -0.4 is 0 Å². The molecule has 1 fully saturated rings. The van der Waals surface area contributed by atoms with Crippen molar-refractivity contribution in [3.05, 3.63) is 11.6 Å². The molecule has 0 unspecified atom stereocenters. The van der Waals surface area contributed by atoms with Gasteiger partial charge in [-0.1, -0.05) is 103 Å². The summed E-state index contributed by atoms with van der Waals surface area (Å²) in [4.78, 5) is 0. The maximum absolute atomic E-state index is 6.67. The molecule has 0 radical (unpaired) electrons. The monoisotopic (exact) mass is 362 g/mol. The minimum absolute atomic E-state index is 0.520. The maximum atomic E-state index is 6.67. The van der Waals surface area contributed by atoms with Gasteiger partial charge in [0, 0.05) is 5.92 Å². The van der Waals surface area contributed by atoms with Crippen molar-refractivity contribution < 1.29 is 4.74 Å². The highest BCUT2D eigenvalue weighted by atomic mass is 16.5. The number of unbranched alkanes of at least 4 members (excludes halogenated alkanes) is 10. The molecule has 1 nitrogen and oxygen atoms in total. The summed E-state index contributed by atoms with van der Waals surface area (Å²) in [6.07, 6.45) is 28.4. The number of ether oxygens (including phenoxy) is 1. The Balaban J connectivity index is 1.70. The van der Waals surface area contributed by atoms with Gasteiger partial charge in [-0.3, -0.25) is 0 Å². The van der Waals surface area contributed by atoms with Crippen molar-refractivity contribution in [3.8, 4) is 0 Å². The van der Waals surface area contributed by atoms with Crippen LogP contribution in [0.15, 0.2) is 11.6 Å². The van der Waals surface area contributed by atoms with E-state index in [-0.39, 0.29) is 0 Å². The zero-order chi connectivity index (χ0) is 18.5. The number of fused-ring (bicyclic) bond motifs is 1.